The van der Waals surface area contributed by atoms with E-state index in [4.69, 9.17) is 5.26 Å². The highest BCUT2D eigenvalue weighted by molar-refractivity contribution is 5.81. The van der Waals surface area contributed by atoms with Gasteiger partial charge >= 0.3 is 0 Å². The number of carbonyl (C=O) groups is 1. The minimum Gasteiger partial charge on any atom is -0.350 e. The summed E-state index contributed by atoms with van der Waals surface area (Å²) in [5.41, 5.74) is 0.526. The van der Waals surface area contributed by atoms with E-state index in [2.05, 4.69) is 4.98 Å². The van der Waals surface area contributed by atoms with Crippen molar-refractivity contribution < 1.29 is 4.79 Å². The predicted octanol–water partition coefficient (Wildman–Crippen LogP) is 1.01. The zero-order chi connectivity index (χ0) is 13.0. The van der Waals surface area contributed by atoms with Crippen LogP contribution in [-0.4, -0.2) is 42.5 Å². The summed E-state index contributed by atoms with van der Waals surface area (Å²) >= 11 is 0. The molecule has 1 amide bonds. The Morgan fingerprint density at radius 3 is 2.78 bits per heavy atom. The van der Waals surface area contributed by atoms with Gasteiger partial charge in [-0.1, -0.05) is 0 Å². The van der Waals surface area contributed by atoms with Crippen LogP contribution in [0.3, 0.4) is 0 Å². The zero-order valence-corrected chi connectivity index (χ0v) is 10.5. The molecule has 1 aliphatic rings. The lowest BCUT2D eigenvalue weighted by Gasteiger charge is -2.21. The number of nitrogens with zero attached hydrogens (tertiary/aromatic N) is 4. The molecule has 5 nitrogen and oxygen atoms in total. The van der Waals surface area contributed by atoms with Crippen molar-refractivity contribution in [2.45, 2.75) is 12.8 Å². The molecule has 1 aromatic rings. The first-order chi connectivity index (χ1) is 8.70. The van der Waals surface area contributed by atoms with Crippen LogP contribution in [0.2, 0.25) is 0 Å². The van der Waals surface area contributed by atoms with Crippen LogP contribution in [-0.2, 0) is 4.79 Å². The summed E-state index contributed by atoms with van der Waals surface area (Å²) in [5, 5.41) is 8.69. The van der Waals surface area contributed by atoms with Crippen LogP contribution in [0.25, 0.3) is 0 Å². The molecule has 0 spiro atoms. The number of nitriles is 1. The lowest BCUT2D eigenvalue weighted by atomic mass is 10.3. The molecule has 1 aliphatic heterocycles. The smallest absolute Gasteiger partial charge is 0.242 e. The first kappa shape index (κ1) is 12.4. The lowest BCUT2D eigenvalue weighted by Crippen LogP contribution is -2.37. The fourth-order valence-electron chi connectivity index (χ4n) is 2.03. The number of hydrogen-bond donors (Lipinski definition) is 0. The molecule has 1 fully saturated rings. The molecule has 0 N–H and O–H groups in total. The Balaban J connectivity index is 1.96. The van der Waals surface area contributed by atoms with Gasteiger partial charge in [0.2, 0.25) is 5.91 Å². The Kier molecular flexibility index (Phi) is 3.78. The van der Waals surface area contributed by atoms with Gasteiger partial charge in [-0.05, 0) is 25.0 Å². The predicted molar refractivity (Wildman–Crippen MR) is 68.0 cm³/mol. The van der Waals surface area contributed by atoms with Crippen molar-refractivity contribution in [1.29, 1.82) is 5.26 Å². The van der Waals surface area contributed by atoms with Crippen molar-refractivity contribution in [3.05, 3.63) is 23.9 Å². The second-order valence-electron chi connectivity index (χ2n) is 4.46. The molecule has 0 radical (unpaired) electrons. The van der Waals surface area contributed by atoms with Gasteiger partial charge in [0.05, 0.1) is 12.1 Å². The third-order valence-corrected chi connectivity index (χ3v) is 3.10. The van der Waals surface area contributed by atoms with Gasteiger partial charge in [0.1, 0.15) is 11.9 Å². The molecule has 18 heavy (non-hydrogen) atoms. The highest BCUT2D eigenvalue weighted by Crippen LogP contribution is 2.11. The van der Waals surface area contributed by atoms with E-state index in [-0.39, 0.29) is 5.91 Å². The van der Waals surface area contributed by atoms with Crippen LogP contribution < -0.4 is 4.90 Å². The summed E-state index contributed by atoms with van der Waals surface area (Å²) < 4.78 is 0. The van der Waals surface area contributed by atoms with Crippen molar-refractivity contribution in [2.75, 3.05) is 31.6 Å². The van der Waals surface area contributed by atoms with Crippen molar-refractivity contribution in [2.24, 2.45) is 0 Å². The van der Waals surface area contributed by atoms with Gasteiger partial charge in [-0.25, -0.2) is 4.98 Å². The molecule has 0 aromatic carbocycles. The van der Waals surface area contributed by atoms with E-state index < -0.39 is 0 Å². The fourth-order valence-corrected chi connectivity index (χ4v) is 2.03. The first-order valence-corrected chi connectivity index (χ1v) is 6.06. The molecule has 0 atom stereocenters. The summed E-state index contributed by atoms with van der Waals surface area (Å²) in [5.74, 6) is 0.850. The summed E-state index contributed by atoms with van der Waals surface area (Å²) in [6.45, 7) is 2.07. The number of likely N-dealkylation sites (N-methyl/N-ethyl adjacent to an activating group) is 1. The first-order valence-electron chi connectivity index (χ1n) is 6.06. The zero-order valence-electron chi connectivity index (χ0n) is 10.5. The number of carbonyl (C=O) groups excluding carboxylic acids is 1. The Labute approximate surface area is 107 Å². The Bertz CT molecular complexity index is 457. The molecule has 1 saturated heterocycles. The second-order valence-corrected chi connectivity index (χ2v) is 4.46. The van der Waals surface area contributed by atoms with E-state index in [1.807, 2.05) is 22.9 Å². The number of rotatable bonds is 3. The summed E-state index contributed by atoms with van der Waals surface area (Å²) in [7, 11) is 1.84. The normalized spacial score (nSPS) is 14.3. The van der Waals surface area contributed by atoms with Gasteiger partial charge in [-0.3, -0.25) is 4.79 Å². The number of amides is 1. The molecule has 2 rings (SSSR count). The maximum atomic E-state index is 12.0. The second kappa shape index (κ2) is 5.50. The van der Waals surface area contributed by atoms with Crippen molar-refractivity contribution >= 4 is 11.7 Å². The molecule has 94 valence electrons. The van der Waals surface area contributed by atoms with Gasteiger partial charge in [0.15, 0.2) is 0 Å². The van der Waals surface area contributed by atoms with Crippen molar-refractivity contribution in [3.63, 3.8) is 0 Å². The van der Waals surface area contributed by atoms with Crippen LogP contribution in [0.1, 0.15) is 18.4 Å². The number of hydrogen-bond acceptors (Lipinski definition) is 4. The molecule has 1 aromatic heterocycles. The molecule has 5 heteroatoms. The van der Waals surface area contributed by atoms with Crippen LogP contribution >= 0.6 is 0 Å². The number of aromatic nitrogens is 1. The number of likely N-dealkylation sites (tertiary alicyclic amines) is 1. The van der Waals surface area contributed by atoms with E-state index in [1.54, 1.807) is 12.1 Å². The molecule has 0 saturated carbocycles. The van der Waals surface area contributed by atoms with E-state index >= 15 is 0 Å². The summed E-state index contributed by atoms with van der Waals surface area (Å²) in [4.78, 5) is 19.8. The Morgan fingerprint density at radius 2 is 2.22 bits per heavy atom. The highest BCUT2D eigenvalue weighted by Gasteiger charge is 2.19. The highest BCUT2D eigenvalue weighted by atomic mass is 16.2. The standard InChI is InChI=1S/C13H16N4O/c1-16(10-13(18)17-6-2-3-7-17)12-5-4-11(8-14)9-15-12/h4-5,9H,2-3,6-7,10H2,1H3. The molecular formula is C13H16N4O. The van der Waals surface area contributed by atoms with E-state index in [9.17, 15) is 4.79 Å². The minimum absolute atomic E-state index is 0.140. The maximum Gasteiger partial charge on any atom is 0.242 e. The van der Waals surface area contributed by atoms with Crippen LogP contribution in [0.15, 0.2) is 18.3 Å². The maximum absolute atomic E-state index is 12.0. The van der Waals surface area contributed by atoms with Crippen molar-refractivity contribution in [3.8, 4) is 6.07 Å². The van der Waals surface area contributed by atoms with Crippen LogP contribution in [0, 0.1) is 11.3 Å². The molecular weight excluding hydrogens is 228 g/mol. The lowest BCUT2D eigenvalue weighted by molar-refractivity contribution is -0.128. The summed E-state index contributed by atoms with van der Waals surface area (Å²) in [6.07, 6.45) is 3.72. The Hall–Kier alpha value is -2.09. The minimum atomic E-state index is 0.140. The largest absolute Gasteiger partial charge is 0.350 e. The number of anilines is 1. The van der Waals surface area contributed by atoms with Gasteiger partial charge < -0.3 is 9.80 Å². The molecule has 0 unspecified atom stereocenters. The van der Waals surface area contributed by atoms with Gasteiger partial charge in [0, 0.05) is 26.3 Å². The van der Waals surface area contributed by atoms with Gasteiger partial charge in [0.25, 0.3) is 0 Å². The molecule has 2 heterocycles. The third kappa shape index (κ3) is 2.77. The van der Waals surface area contributed by atoms with Crippen molar-refractivity contribution in [1.82, 2.24) is 9.88 Å². The summed E-state index contributed by atoms with van der Waals surface area (Å²) in [6, 6.07) is 5.49. The van der Waals surface area contributed by atoms with Crippen LogP contribution in [0.5, 0.6) is 0 Å². The molecule has 0 aliphatic carbocycles. The van der Waals surface area contributed by atoms with Gasteiger partial charge in [-0.15, -0.1) is 0 Å². The SMILES string of the molecule is CN(CC(=O)N1CCCC1)c1ccc(C#N)cn1. The number of pyridine rings is 1. The van der Waals surface area contributed by atoms with E-state index in [1.165, 1.54) is 6.20 Å². The topological polar surface area (TPSA) is 60.2 Å². The van der Waals surface area contributed by atoms with E-state index in [0.29, 0.717) is 17.9 Å². The monoisotopic (exact) mass is 244 g/mol. The third-order valence-electron chi connectivity index (χ3n) is 3.10. The average Bonchev–Trinajstić information content (AvgIpc) is 2.92. The van der Waals surface area contributed by atoms with E-state index in [0.717, 1.165) is 25.9 Å². The fraction of sp³-hybridized carbons (Fsp3) is 0.462. The Morgan fingerprint density at radius 1 is 1.50 bits per heavy atom. The molecule has 0 bridgehead atoms. The quantitative estimate of drug-likeness (QED) is 0.796. The average molecular weight is 244 g/mol. The van der Waals surface area contributed by atoms with Gasteiger partial charge in [-0.2, -0.15) is 5.26 Å². The van der Waals surface area contributed by atoms with Crippen LogP contribution in [0.4, 0.5) is 5.82 Å².